The number of carbonyl (C=O) groups excluding carboxylic acids is 1. The van der Waals surface area contributed by atoms with Crippen LogP contribution in [0.1, 0.15) is 27.7 Å². The van der Waals surface area contributed by atoms with E-state index in [1.165, 1.54) is 0 Å². The van der Waals surface area contributed by atoms with Gasteiger partial charge in [0, 0.05) is 7.11 Å². The maximum atomic E-state index is 12.1. The van der Waals surface area contributed by atoms with Gasteiger partial charge in [-0.1, -0.05) is 39.9 Å². The maximum Gasteiger partial charge on any atom is 0.230 e. The van der Waals surface area contributed by atoms with Crippen LogP contribution < -0.4 is 11.1 Å². The maximum absolute atomic E-state index is 12.1. The molecule has 0 aromatic heterocycles. The molecule has 0 radical (unpaired) electrons. The zero-order chi connectivity index (χ0) is 13.6. The third-order valence-corrected chi connectivity index (χ3v) is 2.99. The van der Waals surface area contributed by atoms with Crippen LogP contribution in [0.5, 0.6) is 0 Å². The Labute approximate surface area is 109 Å². The van der Waals surface area contributed by atoms with Crippen LogP contribution in [0, 0.1) is 17.8 Å². The Hall–Kier alpha value is -0.680. The van der Waals surface area contributed by atoms with Gasteiger partial charge in [0.2, 0.25) is 5.91 Å². The topological polar surface area (TPSA) is 64.3 Å². The van der Waals surface area contributed by atoms with Crippen molar-refractivity contribution < 1.29 is 9.53 Å². The lowest BCUT2D eigenvalue weighted by Gasteiger charge is -2.26. The van der Waals surface area contributed by atoms with Crippen LogP contribution >= 0.6 is 12.2 Å². The SMILES string of the molecule is COCC(NC(=O)C(C(N)=S)C(C)C)C(C)C. The van der Waals surface area contributed by atoms with E-state index in [2.05, 4.69) is 5.32 Å². The number of hydrogen-bond acceptors (Lipinski definition) is 3. The standard InChI is InChI=1S/C12H24N2O2S/c1-7(2)9(6-16-5)14-12(15)10(8(3)4)11(13)17/h7-10H,6H2,1-5H3,(H2,13,17)(H,14,15). The Balaban J connectivity index is 4.62. The molecule has 3 N–H and O–H groups in total. The molecule has 0 aliphatic carbocycles. The summed E-state index contributed by atoms with van der Waals surface area (Å²) in [4.78, 5) is 12.3. The zero-order valence-corrected chi connectivity index (χ0v) is 12.1. The van der Waals surface area contributed by atoms with Crippen molar-refractivity contribution in [2.45, 2.75) is 33.7 Å². The van der Waals surface area contributed by atoms with Crippen molar-refractivity contribution in [3.63, 3.8) is 0 Å². The van der Waals surface area contributed by atoms with Gasteiger partial charge in [0.25, 0.3) is 0 Å². The van der Waals surface area contributed by atoms with E-state index in [9.17, 15) is 4.79 Å². The average Bonchev–Trinajstić information content (AvgIpc) is 2.15. The molecule has 0 bridgehead atoms. The molecule has 2 atom stereocenters. The molecule has 0 aromatic carbocycles. The van der Waals surface area contributed by atoms with Gasteiger partial charge in [-0.3, -0.25) is 4.79 Å². The Morgan fingerprint density at radius 1 is 1.29 bits per heavy atom. The lowest BCUT2D eigenvalue weighted by Crippen LogP contribution is -2.48. The van der Waals surface area contributed by atoms with Gasteiger partial charge < -0.3 is 15.8 Å². The van der Waals surface area contributed by atoms with Crippen molar-refractivity contribution in [2.75, 3.05) is 13.7 Å². The lowest BCUT2D eigenvalue weighted by molar-refractivity contribution is -0.125. The predicted octanol–water partition coefficient (Wildman–Crippen LogP) is 1.33. The number of hydrogen-bond donors (Lipinski definition) is 2. The summed E-state index contributed by atoms with van der Waals surface area (Å²) in [6.45, 7) is 8.43. The Kier molecular flexibility index (Phi) is 7.30. The minimum absolute atomic E-state index is 0.0110. The van der Waals surface area contributed by atoms with Gasteiger partial charge in [0.1, 0.15) is 0 Å². The van der Waals surface area contributed by atoms with Crippen LogP contribution in [0.3, 0.4) is 0 Å². The number of rotatable bonds is 7. The summed E-state index contributed by atoms with van der Waals surface area (Å²) in [5.41, 5.74) is 5.60. The molecular weight excluding hydrogens is 236 g/mol. The number of amides is 1. The van der Waals surface area contributed by atoms with E-state index in [4.69, 9.17) is 22.7 Å². The molecule has 0 spiro atoms. The van der Waals surface area contributed by atoms with E-state index < -0.39 is 5.92 Å². The van der Waals surface area contributed by atoms with Crippen LogP contribution in [0.25, 0.3) is 0 Å². The fourth-order valence-electron chi connectivity index (χ4n) is 1.61. The number of methoxy groups -OCH3 is 1. The molecule has 17 heavy (non-hydrogen) atoms. The summed E-state index contributed by atoms with van der Waals surface area (Å²) >= 11 is 4.94. The molecule has 0 aromatic rings. The Bertz CT molecular complexity index is 267. The first-order chi connectivity index (χ1) is 7.81. The van der Waals surface area contributed by atoms with Crippen molar-refractivity contribution in [1.82, 2.24) is 5.32 Å². The minimum atomic E-state index is -0.414. The fourth-order valence-corrected chi connectivity index (χ4v) is 1.99. The number of nitrogens with one attached hydrogen (secondary N) is 1. The van der Waals surface area contributed by atoms with Gasteiger partial charge in [0.05, 0.1) is 23.6 Å². The second-order valence-corrected chi connectivity index (χ2v) is 5.41. The molecular formula is C12H24N2O2S. The second kappa shape index (κ2) is 7.61. The third kappa shape index (κ3) is 5.46. The lowest BCUT2D eigenvalue weighted by atomic mass is 9.94. The first-order valence-electron chi connectivity index (χ1n) is 5.89. The van der Waals surface area contributed by atoms with Gasteiger partial charge in [-0.05, 0) is 11.8 Å². The van der Waals surface area contributed by atoms with E-state index in [0.29, 0.717) is 12.5 Å². The average molecular weight is 260 g/mol. The highest BCUT2D eigenvalue weighted by Gasteiger charge is 2.27. The van der Waals surface area contributed by atoms with Gasteiger partial charge in [-0.2, -0.15) is 0 Å². The molecule has 4 nitrogen and oxygen atoms in total. The van der Waals surface area contributed by atoms with Crippen molar-refractivity contribution in [1.29, 1.82) is 0 Å². The summed E-state index contributed by atoms with van der Waals surface area (Å²) in [6, 6.07) is -0.0110. The van der Waals surface area contributed by atoms with Crippen molar-refractivity contribution in [3.05, 3.63) is 0 Å². The second-order valence-electron chi connectivity index (χ2n) is 4.94. The van der Waals surface area contributed by atoms with Crippen LogP contribution in [0.4, 0.5) is 0 Å². The number of thiocarbonyl (C=S) groups is 1. The van der Waals surface area contributed by atoms with E-state index in [1.54, 1.807) is 7.11 Å². The molecule has 2 unspecified atom stereocenters. The highest BCUT2D eigenvalue weighted by Crippen LogP contribution is 2.13. The largest absolute Gasteiger partial charge is 0.393 e. The van der Waals surface area contributed by atoms with Crippen molar-refractivity contribution >= 4 is 23.1 Å². The summed E-state index contributed by atoms with van der Waals surface area (Å²) in [7, 11) is 1.62. The van der Waals surface area contributed by atoms with Crippen molar-refractivity contribution in [2.24, 2.45) is 23.5 Å². The predicted molar refractivity (Wildman–Crippen MR) is 73.8 cm³/mol. The quantitative estimate of drug-likeness (QED) is 0.678. The smallest absolute Gasteiger partial charge is 0.230 e. The van der Waals surface area contributed by atoms with Crippen LogP contribution in [0.2, 0.25) is 0 Å². The van der Waals surface area contributed by atoms with Gasteiger partial charge >= 0.3 is 0 Å². The van der Waals surface area contributed by atoms with E-state index >= 15 is 0 Å². The Morgan fingerprint density at radius 2 is 1.82 bits per heavy atom. The molecule has 100 valence electrons. The van der Waals surface area contributed by atoms with E-state index in [1.807, 2.05) is 27.7 Å². The van der Waals surface area contributed by atoms with Crippen molar-refractivity contribution in [3.8, 4) is 0 Å². The first-order valence-corrected chi connectivity index (χ1v) is 6.30. The molecule has 0 fully saturated rings. The minimum Gasteiger partial charge on any atom is -0.393 e. The summed E-state index contributed by atoms with van der Waals surface area (Å²) < 4.78 is 5.09. The number of ether oxygens (including phenoxy) is 1. The van der Waals surface area contributed by atoms with E-state index in [-0.39, 0.29) is 22.9 Å². The number of nitrogens with two attached hydrogens (primary N) is 1. The van der Waals surface area contributed by atoms with Gasteiger partial charge in [0.15, 0.2) is 0 Å². The normalized spacial score (nSPS) is 14.8. The Morgan fingerprint density at radius 3 is 2.12 bits per heavy atom. The number of carbonyl (C=O) groups is 1. The zero-order valence-electron chi connectivity index (χ0n) is 11.3. The molecule has 0 saturated heterocycles. The monoisotopic (exact) mass is 260 g/mol. The van der Waals surface area contributed by atoms with Crippen LogP contribution in [-0.4, -0.2) is 30.7 Å². The third-order valence-electron chi connectivity index (χ3n) is 2.73. The molecule has 0 rings (SSSR count). The molecule has 1 amide bonds. The van der Waals surface area contributed by atoms with Crippen LogP contribution in [0.15, 0.2) is 0 Å². The highest BCUT2D eigenvalue weighted by atomic mass is 32.1. The molecule has 5 heteroatoms. The molecule has 0 saturated carbocycles. The first kappa shape index (κ1) is 16.3. The van der Waals surface area contributed by atoms with Crippen LogP contribution in [-0.2, 0) is 9.53 Å². The molecule has 0 aliphatic rings. The van der Waals surface area contributed by atoms with Gasteiger partial charge in [-0.25, -0.2) is 0 Å². The fraction of sp³-hybridized carbons (Fsp3) is 0.833. The van der Waals surface area contributed by atoms with E-state index in [0.717, 1.165) is 0 Å². The summed E-state index contributed by atoms with van der Waals surface area (Å²) in [6.07, 6.45) is 0. The summed E-state index contributed by atoms with van der Waals surface area (Å²) in [5.74, 6) is -0.118. The van der Waals surface area contributed by atoms with Gasteiger partial charge in [-0.15, -0.1) is 0 Å². The summed E-state index contributed by atoms with van der Waals surface area (Å²) in [5, 5.41) is 2.95. The molecule has 0 heterocycles. The highest BCUT2D eigenvalue weighted by molar-refractivity contribution is 7.80. The molecule has 0 aliphatic heterocycles.